The number of nitrogens with one attached hydrogen (secondary N) is 2. The van der Waals surface area contributed by atoms with Gasteiger partial charge in [0.15, 0.2) is 0 Å². The normalized spacial score (nSPS) is 15.2. The fourth-order valence-electron chi connectivity index (χ4n) is 4.12. The van der Waals surface area contributed by atoms with Gasteiger partial charge in [-0.25, -0.2) is 9.18 Å². The SMILES string of the molecule is CN(C)CC1CCc2cc(NC(=O)Nc3ccc(Oc4ccc(F)cc4)cc3)ccc2C1. The van der Waals surface area contributed by atoms with E-state index in [1.807, 2.05) is 6.07 Å². The standard InChI is InChI=1S/C26H28FN3O2/c1-30(2)17-18-3-4-20-16-23(8-5-19(20)15-18)29-26(31)28-22-9-13-25(14-10-22)32-24-11-6-21(27)7-12-24/h5-14,16,18H,3-4,15,17H2,1-2H3,(H2,28,29,31). The van der Waals surface area contributed by atoms with Gasteiger partial charge < -0.3 is 20.3 Å². The van der Waals surface area contributed by atoms with E-state index in [0.29, 0.717) is 23.1 Å². The highest BCUT2D eigenvalue weighted by Crippen LogP contribution is 2.28. The third-order valence-electron chi connectivity index (χ3n) is 5.58. The number of urea groups is 1. The van der Waals surface area contributed by atoms with Gasteiger partial charge in [-0.15, -0.1) is 0 Å². The van der Waals surface area contributed by atoms with Crippen LogP contribution in [-0.4, -0.2) is 31.6 Å². The summed E-state index contributed by atoms with van der Waals surface area (Å²) in [6.07, 6.45) is 3.31. The fraction of sp³-hybridized carbons (Fsp3) is 0.269. The molecule has 1 atom stereocenters. The number of benzene rings is 3. The highest BCUT2D eigenvalue weighted by Gasteiger charge is 2.19. The van der Waals surface area contributed by atoms with E-state index in [0.717, 1.165) is 25.1 Å². The molecule has 2 N–H and O–H groups in total. The number of fused-ring (bicyclic) bond motifs is 1. The van der Waals surface area contributed by atoms with Crippen molar-refractivity contribution in [2.45, 2.75) is 19.3 Å². The Morgan fingerprint density at radius 2 is 1.56 bits per heavy atom. The van der Waals surface area contributed by atoms with Crippen LogP contribution in [-0.2, 0) is 12.8 Å². The van der Waals surface area contributed by atoms with Gasteiger partial charge in [0.1, 0.15) is 17.3 Å². The van der Waals surface area contributed by atoms with Crippen LogP contribution < -0.4 is 15.4 Å². The number of anilines is 2. The lowest BCUT2D eigenvalue weighted by atomic mass is 9.83. The van der Waals surface area contributed by atoms with Crippen molar-refractivity contribution in [3.8, 4) is 11.5 Å². The van der Waals surface area contributed by atoms with E-state index in [4.69, 9.17) is 4.74 Å². The quantitative estimate of drug-likeness (QED) is 0.507. The van der Waals surface area contributed by atoms with Crippen LogP contribution in [0.2, 0.25) is 0 Å². The number of hydrogen-bond acceptors (Lipinski definition) is 3. The lowest BCUT2D eigenvalue weighted by Gasteiger charge is -2.27. The molecule has 32 heavy (non-hydrogen) atoms. The molecular weight excluding hydrogens is 405 g/mol. The van der Waals surface area contributed by atoms with Crippen LogP contribution in [0.3, 0.4) is 0 Å². The number of hydrogen-bond donors (Lipinski definition) is 2. The van der Waals surface area contributed by atoms with Gasteiger partial charge in [0.2, 0.25) is 0 Å². The number of aryl methyl sites for hydroxylation is 1. The minimum absolute atomic E-state index is 0.293. The molecule has 0 spiro atoms. The molecular formula is C26H28FN3O2. The number of ether oxygens (including phenoxy) is 1. The van der Waals surface area contributed by atoms with Crippen molar-refractivity contribution in [1.29, 1.82) is 0 Å². The number of carbonyl (C=O) groups is 1. The first-order valence-corrected chi connectivity index (χ1v) is 10.8. The zero-order valence-corrected chi connectivity index (χ0v) is 18.4. The topological polar surface area (TPSA) is 53.6 Å². The van der Waals surface area contributed by atoms with Crippen LogP contribution in [0.15, 0.2) is 66.7 Å². The summed E-state index contributed by atoms with van der Waals surface area (Å²) in [7, 11) is 4.24. The molecule has 0 radical (unpaired) electrons. The van der Waals surface area contributed by atoms with E-state index >= 15 is 0 Å². The van der Waals surface area contributed by atoms with Crippen LogP contribution >= 0.6 is 0 Å². The first-order chi connectivity index (χ1) is 15.4. The van der Waals surface area contributed by atoms with Crippen LogP contribution in [0.25, 0.3) is 0 Å². The third-order valence-corrected chi connectivity index (χ3v) is 5.58. The Morgan fingerprint density at radius 3 is 2.25 bits per heavy atom. The van der Waals surface area contributed by atoms with Gasteiger partial charge in [0, 0.05) is 17.9 Å². The van der Waals surface area contributed by atoms with Crippen molar-refractivity contribution in [2.24, 2.45) is 5.92 Å². The number of carbonyl (C=O) groups excluding carboxylic acids is 1. The van der Waals surface area contributed by atoms with Gasteiger partial charge in [0.25, 0.3) is 0 Å². The van der Waals surface area contributed by atoms with E-state index in [1.54, 1.807) is 36.4 Å². The lowest BCUT2D eigenvalue weighted by molar-refractivity contribution is 0.262. The molecule has 0 aromatic heterocycles. The summed E-state index contributed by atoms with van der Waals surface area (Å²) in [4.78, 5) is 14.7. The van der Waals surface area contributed by atoms with Gasteiger partial charge in [-0.2, -0.15) is 0 Å². The molecule has 0 fully saturated rings. The molecule has 0 heterocycles. The molecule has 5 nitrogen and oxygen atoms in total. The predicted molar refractivity (Wildman–Crippen MR) is 126 cm³/mol. The Hall–Kier alpha value is -3.38. The summed E-state index contributed by atoms with van der Waals surface area (Å²) in [5.41, 5.74) is 4.15. The average Bonchev–Trinajstić information content (AvgIpc) is 2.76. The summed E-state index contributed by atoms with van der Waals surface area (Å²) in [6, 6.07) is 18.7. The number of amides is 2. The van der Waals surface area contributed by atoms with Crippen molar-refractivity contribution in [1.82, 2.24) is 4.90 Å². The first-order valence-electron chi connectivity index (χ1n) is 10.8. The smallest absolute Gasteiger partial charge is 0.323 e. The van der Waals surface area contributed by atoms with Gasteiger partial charge in [-0.1, -0.05) is 6.07 Å². The first kappa shape index (κ1) is 21.8. The highest BCUT2D eigenvalue weighted by atomic mass is 19.1. The van der Waals surface area contributed by atoms with Gasteiger partial charge >= 0.3 is 6.03 Å². The summed E-state index contributed by atoms with van der Waals surface area (Å²) in [5, 5.41) is 5.76. The Kier molecular flexibility index (Phi) is 6.71. The molecule has 0 bridgehead atoms. The van der Waals surface area contributed by atoms with Crippen molar-refractivity contribution in [3.63, 3.8) is 0 Å². The van der Waals surface area contributed by atoms with E-state index in [2.05, 4.69) is 41.8 Å². The fourth-order valence-corrected chi connectivity index (χ4v) is 4.12. The maximum absolute atomic E-state index is 13.0. The molecule has 0 aliphatic heterocycles. The van der Waals surface area contributed by atoms with Gasteiger partial charge in [-0.3, -0.25) is 0 Å². The molecule has 0 saturated carbocycles. The Balaban J connectivity index is 1.31. The summed E-state index contributed by atoms with van der Waals surface area (Å²) < 4.78 is 18.7. The van der Waals surface area contributed by atoms with E-state index < -0.39 is 0 Å². The van der Waals surface area contributed by atoms with Gasteiger partial charge in [0.05, 0.1) is 0 Å². The minimum atomic E-state index is -0.310. The molecule has 1 aliphatic rings. The largest absolute Gasteiger partial charge is 0.457 e. The summed E-state index contributed by atoms with van der Waals surface area (Å²) in [6.45, 7) is 1.11. The number of rotatable bonds is 6. The van der Waals surface area contributed by atoms with Crippen molar-refractivity contribution < 1.29 is 13.9 Å². The van der Waals surface area contributed by atoms with Gasteiger partial charge in [-0.05, 0) is 111 Å². The third kappa shape index (κ3) is 5.86. The molecule has 4 rings (SSSR count). The molecule has 2 amide bonds. The van der Waals surface area contributed by atoms with Crippen LogP contribution in [0.5, 0.6) is 11.5 Å². The molecule has 0 saturated heterocycles. The zero-order valence-electron chi connectivity index (χ0n) is 18.4. The van der Waals surface area contributed by atoms with Crippen LogP contribution in [0.1, 0.15) is 17.5 Å². The van der Waals surface area contributed by atoms with Crippen molar-refractivity contribution in [2.75, 3.05) is 31.3 Å². The summed E-state index contributed by atoms with van der Waals surface area (Å²) >= 11 is 0. The van der Waals surface area contributed by atoms with E-state index in [-0.39, 0.29) is 11.8 Å². The highest BCUT2D eigenvalue weighted by molar-refractivity contribution is 5.99. The molecule has 6 heteroatoms. The molecule has 1 aliphatic carbocycles. The van der Waals surface area contributed by atoms with Crippen LogP contribution in [0.4, 0.5) is 20.6 Å². The summed E-state index contributed by atoms with van der Waals surface area (Å²) in [5.74, 6) is 1.53. The second kappa shape index (κ2) is 9.83. The molecule has 3 aromatic rings. The average molecular weight is 434 g/mol. The zero-order chi connectivity index (χ0) is 22.5. The second-order valence-corrected chi connectivity index (χ2v) is 8.51. The van der Waals surface area contributed by atoms with E-state index in [1.165, 1.54) is 29.7 Å². The Morgan fingerprint density at radius 1 is 0.938 bits per heavy atom. The number of nitrogens with zero attached hydrogens (tertiary/aromatic N) is 1. The Bertz CT molecular complexity index is 1070. The predicted octanol–water partition coefficient (Wildman–Crippen LogP) is 5.93. The maximum Gasteiger partial charge on any atom is 0.323 e. The van der Waals surface area contributed by atoms with Crippen molar-refractivity contribution in [3.05, 3.63) is 83.7 Å². The van der Waals surface area contributed by atoms with E-state index in [9.17, 15) is 9.18 Å². The lowest BCUT2D eigenvalue weighted by Crippen LogP contribution is -2.26. The molecule has 166 valence electrons. The molecule has 3 aromatic carbocycles. The minimum Gasteiger partial charge on any atom is -0.457 e. The molecule has 1 unspecified atom stereocenters. The van der Waals surface area contributed by atoms with Crippen molar-refractivity contribution >= 4 is 17.4 Å². The van der Waals surface area contributed by atoms with Crippen LogP contribution in [0, 0.1) is 11.7 Å². The number of halogens is 1. The second-order valence-electron chi connectivity index (χ2n) is 8.51. The maximum atomic E-state index is 13.0. The monoisotopic (exact) mass is 433 g/mol. The Labute approximate surface area is 188 Å².